The highest BCUT2D eigenvalue weighted by Crippen LogP contribution is 2.27. The van der Waals surface area contributed by atoms with Gasteiger partial charge in [0, 0.05) is 24.2 Å². The number of nitrogens with zero attached hydrogens (tertiary/aromatic N) is 1. The molecule has 1 aromatic carbocycles. The van der Waals surface area contributed by atoms with Crippen molar-refractivity contribution in [2.75, 3.05) is 13.1 Å². The average molecular weight is 289 g/mol. The third kappa shape index (κ3) is 2.54. The van der Waals surface area contributed by atoms with E-state index in [1.165, 1.54) is 4.31 Å². The van der Waals surface area contributed by atoms with Crippen LogP contribution in [0.2, 0.25) is 5.02 Å². The molecule has 18 heavy (non-hydrogen) atoms. The molecule has 1 fully saturated rings. The van der Waals surface area contributed by atoms with Crippen molar-refractivity contribution in [2.24, 2.45) is 5.73 Å². The van der Waals surface area contributed by atoms with E-state index in [1.54, 1.807) is 25.1 Å². The number of hydrogen-bond donors (Lipinski definition) is 1. The first-order valence-corrected chi connectivity index (χ1v) is 7.75. The first-order chi connectivity index (χ1) is 8.43. The number of nitrogens with two attached hydrogens (primary N) is 1. The monoisotopic (exact) mass is 288 g/mol. The average Bonchev–Trinajstić information content (AvgIpc) is 2.33. The summed E-state index contributed by atoms with van der Waals surface area (Å²) in [7, 11) is -3.45. The van der Waals surface area contributed by atoms with Gasteiger partial charge >= 0.3 is 0 Å². The minimum absolute atomic E-state index is 0.108. The molecule has 100 valence electrons. The summed E-state index contributed by atoms with van der Waals surface area (Å²) in [5, 5.41) is 0.477. The smallest absolute Gasteiger partial charge is 0.243 e. The molecule has 6 heteroatoms. The lowest BCUT2D eigenvalue weighted by atomic mass is 10.1. The molecule has 0 unspecified atom stereocenters. The lowest BCUT2D eigenvalue weighted by Crippen LogP contribution is -2.42. The molecular weight excluding hydrogens is 272 g/mol. The maximum atomic E-state index is 12.5. The van der Waals surface area contributed by atoms with Gasteiger partial charge in [0.15, 0.2) is 0 Å². The Balaban J connectivity index is 2.34. The van der Waals surface area contributed by atoms with Crippen LogP contribution in [0.25, 0.3) is 0 Å². The normalized spacial score (nSPS) is 19.1. The minimum Gasteiger partial charge on any atom is -0.328 e. The zero-order chi connectivity index (χ0) is 13.3. The van der Waals surface area contributed by atoms with Crippen molar-refractivity contribution in [3.63, 3.8) is 0 Å². The largest absolute Gasteiger partial charge is 0.328 e. The van der Waals surface area contributed by atoms with Gasteiger partial charge in [-0.1, -0.05) is 17.7 Å². The van der Waals surface area contributed by atoms with Crippen LogP contribution in [0.4, 0.5) is 0 Å². The molecule has 4 nitrogen and oxygen atoms in total. The van der Waals surface area contributed by atoms with Crippen molar-refractivity contribution in [3.8, 4) is 0 Å². The number of piperidine rings is 1. The molecular formula is C12H17ClN2O2S. The van der Waals surface area contributed by atoms with Gasteiger partial charge in [0.1, 0.15) is 0 Å². The second-order valence-corrected chi connectivity index (χ2v) is 6.92. The molecule has 0 bridgehead atoms. The standard InChI is InChI=1S/C12H17ClN2O2S/c1-9-11(13)3-2-4-12(9)18(16,17)15-7-5-10(14)6-8-15/h2-4,10H,5-8,14H2,1H3. The van der Waals surface area contributed by atoms with Crippen LogP contribution in [0.15, 0.2) is 23.1 Å². The molecule has 1 aromatic rings. The first-order valence-electron chi connectivity index (χ1n) is 5.94. The molecule has 0 atom stereocenters. The Labute approximate surface area is 113 Å². The van der Waals surface area contributed by atoms with Crippen molar-refractivity contribution in [1.82, 2.24) is 4.31 Å². The number of halogens is 1. The summed E-state index contributed by atoms with van der Waals surface area (Å²) in [6.07, 6.45) is 1.41. The van der Waals surface area contributed by atoms with Crippen molar-refractivity contribution in [1.29, 1.82) is 0 Å². The van der Waals surface area contributed by atoms with Gasteiger partial charge in [-0.25, -0.2) is 8.42 Å². The van der Waals surface area contributed by atoms with E-state index >= 15 is 0 Å². The Hall–Kier alpha value is -0.620. The van der Waals surface area contributed by atoms with E-state index in [9.17, 15) is 8.42 Å². The number of hydrogen-bond acceptors (Lipinski definition) is 3. The van der Waals surface area contributed by atoms with Gasteiger partial charge in [-0.3, -0.25) is 0 Å². The fourth-order valence-corrected chi connectivity index (χ4v) is 4.07. The fraction of sp³-hybridized carbons (Fsp3) is 0.500. The summed E-state index contributed by atoms with van der Waals surface area (Å²) in [6.45, 7) is 2.69. The summed E-state index contributed by atoms with van der Waals surface area (Å²) >= 11 is 5.98. The molecule has 1 aliphatic rings. The third-order valence-corrected chi connectivity index (χ3v) is 5.79. The number of sulfonamides is 1. The van der Waals surface area contributed by atoms with Crippen LogP contribution >= 0.6 is 11.6 Å². The third-order valence-electron chi connectivity index (χ3n) is 3.33. The van der Waals surface area contributed by atoms with Gasteiger partial charge in [0.25, 0.3) is 0 Å². The quantitative estimate of drug-likeness (QED) is 0.902. The molecule has 2 rings (SSSR count). The molecule has 0 aromatic heterocycles. The van der Waals surface area contributed by atoms with Crippen molar-refractivity contribution < 1.29 is 8.42 Å². The summed E-state index contributed by atoms with van der Waals surface area (Å²) in [5.74, 6) is 0. The Bertz CT molecular complexity index is 537. The van der Waals surface area contributed by atoms with Crippen molar-refractivity contribution in [2.45, 2.75) is 30.7 Å². The zero-order valence-electron chi connectivity index (χ0n) is 10.3. The summed E-state index contributed by atoms with van der Waals surface area (Å²) in [5.41, 5.74) is 6.40. The SMILES string of the molecule is Cc1c(Cl)cccc1S(=O)(=O)N1CCC(N)CC1. The van der Waals surface area contributed by atoms with E-state index in [2.05, 4.69) is 0 Å². The molecule has 0 aliphatic carbocycles. The summed E-state index contributed by atoms with van der Waals surface area (Å²) in [6, 6.07) is 5.07. The van der Waals surface area contributed by atoms with Gasteiger partial charge in [0.2, 0.25) is 10.0 Å². The summed E-state index contributed by atoms with van der Waals surface area (Å²) < 4.78 is 26.5. The van der Waals surface area contributed by atoms with Crippen molar-refractivity contribution >= 4 is 21.6 Å². The van der Waals surface area contributed by atoms with Crippen LogP contribution in [0, 0.1) is 6.92 Å². The Morgan fingerprint density at radius 3 is 2.56 bits per heavy atom. The Morgan fingerprint density at radius 2 is 1.94 bits per heavy atom. The predicted molar refractivity (Wildman–Crippen MR) is 72.2 cm³/mol. The van der Waals surface area contributed by atoms with E-state index in [-0.39, 0.29) is 6.04 Å². The fourth-order valence-electron chi connectivity index (χ4n) is 2.12. The van der Waals surface area contributed by atoms with Crippen LogP contribution in [0.1, 0.15) is 18.4 Å². The van der Waals surface area contributed by atoms with Gasteiger partial charge in [-0.05, 0) is 37.5 Å². The maximum absolute atomic E-state index is 12.5. The molecule has 0 saturated carbocycles. The Kier molecular flexibility index (Phi) is 3.96. The molecule has 0 spiro atoms. The predicted octanol–water partition coefficient (Wildman–Crippen LogP) is 1.76. The maximum Gasteiger partial charge on any atom is 0.243 e. The molecule has 1 heterocycles. The number of rotatable bonds is 2. The van der Waals surface area contributed by atoms with Gasteiger partial charge in [-0.2, -0.15) is 4.31 Å². The lowest BCUT2D eigenvalue weighted by molar-refractivity contribution is 0.320. The van der Waals surface area contributed by atoms with E-state index in [0.717, 1.165) is 0 Å². The molecule has 1 aliphatic heterocycles. The topological polar surface area (TPSA) is 63.4 Å². The van der Waals surface area contributed by atoms with E-state index in [0.29, 0.717) is 41.4 Å². The van der Waals surface area contributed by atoms with Gasteiger partial charge < -0.3 is 5.73 Å². The highest BCUT2D eigenvalue weighted by atomic mass is 35.5. The van der Waals surface area contributed by atoms with Gasteiger partial charge in [-0.15, -0.1) is 0 Å². The van der Waals surface area contributed by atoms with E-state index in [4.69, 9.17) is 17.3 Å². The lowest BCUT2D eigenvalue weighted by Gasteiger charge is -2.29. The van der Waals surface area contributed by atoms with Gasteiger partial charge in [0.05, 0.1) is 4.90 Å². The van der Waals surface area contributed by atoms with Crippen LogP contribution in [-0.4, -0.2) is 31.9 Å². The highest BCUT2D eigenvalue weighted by Gasteiger charge is 2.29. The second-order valence-electron chi connectivity index (χ2n) is 4.60. The molecule has 0 radical (unpaired) electrons. The Morgan fingerprint density at radius 1 is 1.33 bits per heavy atom. The molecule has 0 amide bonds. The molecule has 1 saturated heterocycles. The minimum atomic E-state index is -3.45. The van der Waals surface area contributed by atoms with Crippen molar-refractivity contribution in [3.05, 3.63) is 28.8 Å². The van der Waals surface area contributed by atoms with Crippen LogP contribution in [0.5, 0.6) is 0 Å². The highest BCUT2D eigenvalue weighted by molar-refractivity contribution is 7.89. The van der Waals surface area contributed by atoms with Crippen LogP contribution < -0.4 is 5.73 Å². The van der Waals surface area contributed by atoms with E-state index < -0.39 is 10.0 Å². The number of benzene rings is 1. The first kappa shape index (κ1) is 13.8. The molecule has 2 N–H and O–H groups in total. The van der Waals surface area contributed by atoms with E-state index in [1.807, 2.05) is 0 Å². The summed E-state index contributed by atoms with van der Waals surface area (Å²) in [4.78, 5) is 0.297. The second kappa shape index (κ2) is 5.17. The zero-order valence-corrected chi connectivity index (χ0v) is 11.8. The van der Waals surface area contributed by atoms with Crippen LogP contribution in [-0.2, 0) is 10.0 Å². The van der Waals surface area contributed by atoms with Crippen LogP contribution in [0.3, 0.4) is 0 Å².